The monoisotopic (exact) mass is 348 g/mol. The Morgan fingerprint density at radius 1 is 0.920 bits per heavy atom. The first-order valence-electron chi connectivity index (χ1n) is 9.95. The summed E-state index contributed by atoms with van der Waals surface area (Å²) in [6.45, 7) is 9.22. The highest BCUT2D eigenvalue weighted by atomic mass is 16.5. The van der Waals surface area contributed by atoms with Crippen LogP contribution in [0, 0.1) is 0 Å². The second kappa shape index (κ2) is 13.6. The normalized spacial score (nSPS) is 10.5. The summed E-state index contributed by atoms with van der Waals surface area (Å²) in [5, 5.41) is 3.21. The van der Waals surface area contributed by atoms with Gasteiger partial charge in [0.05, 0.1) is 13.2 Å². The number of unbranched alkanes of at least 4 members (excludes halogenated alkanes) is 4. The number of anilines is 1. The number of carbonyl (C=O) groups excluding carboxylic acids is 1. The zero-order chi connectivity index (χ0) is 18.3. The minimum absolute atomic E-state index is 0.163. The highest BCUT2D eigenvalue weighted by molar-refractivity contribution is 5.80. The Bertz CT molecular complexity index is 453. The van der Waals surface area contributed by atoms with Gasteiger partial charge < -0.3 is 15.0 Å². The molecule has 142 valence electrons. The highest BCUT2D eigenvalue weighted by Gasteiger charge is 2.11. The van der Waals surface area contributed by atoms with Crippen LogP contribution in [0.15, 0.2) is 24.3 Å². The molecule has 1 aromatic carbocycles. The summed E-state index contributed by atoms with van der Waals surface area (Å²) in [6.07, 6.45) is 8.22. The molecule has 0 unspecified atom stereocenters. The average Bonchev–Trinajstić information content (AvgIpc) is 2.63. The summed E-state index contributed by atoms with van der Waals surface area (Å²) in [5.74, 6) is 1.06. The predicted molar refractivity (Wildman–Crippen MR) is 106 cm³/mol. The molecule has 0 atom stereocenters. The lowest BCUT2D eigenvalue weighted by molar-refractivity contribution is -0.129. The first kappa shape index (κ1) is 21.3. The Labute approximate surface area is 153 Å². The first-order chi connectivity index (χ1) is 12.2. The summed E-state index contributed by atoms with van der Waals surface area (Å²) >= 11 is 0. The van der Waals surface area contributed by atoms with Crippen LogP contribution in [0.3, 0.4) is 0 Å². The van der Waals surface area contributed by atoms with E-state index < -0.39 is 0 Å². The smallest absolute Gasteiger partial charge is 0.241 e. The third-order valence-corrected chi connectivity index (χ3v) is 4.15. The van der Waals surface area contributed by atoms with E-state index in [1.165, 1.54) is 25.7 Å². The number of benzene rings is 1. The van der Waals surface area contributed by atoms with Crippen LogP contribution in [0.25, 0.3) is 0 Å². The fourth-order valence-electron chi connectivity index (χ4n) is 2.76. The van der Waals surface area contributed by atoms with Crippen LogP contribution < -0.4 is 10.1 Å². The van der Waals surface area contributed by atoms with E-state index in [4.69, 9.17) is 4.74 Å². The summed E-state index contributed by atoms with van der Waals surface area (Å²) in [5.41, 5.74) is 0.955. The van der Waals surface area contributed by atoms with Gasteiger partial charge in [-0.2, -0.15) is 0 Å². The lowest BCUT2D eigenvalue weighted by Gasteiger charge is -2.21. The van der Waals surface area contributed by atoms with Crippen molar-refractivity contribution in [1.29, 1.82) is 0 Å². The largest absolute Gasteiger partial charge is 0.494 e. The molecule has 4 nitrogen and oxygen atoms in total. The molecular formula is C21H36N2O2. The molecule has 1 rings (SSSR count). The zero-order valence-electron chi connectivity index (χ0n) is 16.4. The highest BCUT2D eigenvalue weighted by Crippen LogP contribution is 2.16. The summed E-state index contributed by atoms with van der Waals surface area (Å²) in [4.78, 5) is 14.2. The quantitative estimate of drug-likeness (QED) is 0.476. The Kier molecular flexibility index (Phi) is 11.6. The summed E-state index contributed by atoms with van der Waals surface area (Å²) in [6, 6.07) is 7.89. The van der Waals surface area contributed by atoms with Crippen LogP contribution >= 0.6 is 0 Å². The van der Waals surface area contributed by atoms with Crippen molar-refractivity contribution in [1.82, 2.24) is 4.90 Å². The zero-order valence-corrected chi connectivity index (χ0v) is 16.4. The van der Waals surface area contributed by atoms with Gasteiger partial charge in [0.15, 0.2) is 0 Å². The van der Waals surface area contributed by atoms with Gasteiger partial charge in [-0.25, -0.2) is 0 Å². The van der Waals surface area contributed by atoms with Crippen LogP contribution in [-0.4, -0.2) is 37.0 Å². The molecular weight excluding hydrogens is 312 g/mol. The van der Waals surface area contributed by atoms with E-state index in [0.29, 0.717) is 6.54 Å². The van der Waals surface area contributed by atoms with Crippen LogP contribution in [0.5, 0.6) is 5.75 Å². The third-order valence-electron chi connectivity index (χ3n) is 4.15. The Morgan fingerprint density at radius 3 is 2.16 bits per heavy atom. The van der Waals surface area contributed by atoms with Crippen molar-refractivity contribution in [2.24, 2.45) is 0 Å². The number of amides is 1. The second-order valence-corrected chi connectivity index (χ2v) is 6.52. The van der Waals surface area contributed by atoms with Gasteiger partial charge in [0.25, 0.3) is 0 Å². The van der Waals surface area contributed by atoms with Crippen molar-refractivity contribution in [2.75, 3.05) is 31.6 Å². The molecule has 0 aromatic heterocycles. The minimum Gasteiger partial charge on any atom is -0.494 e. The van der Waals surface area contributed by atoms with E-state index in [-0.39, 0.29) is 5.91 Å². The number of nitrogens with zero attached hydrogens (tertiary/aromatic N) is 1. The average molecular weight is 349 g/mol. The van der Waals surface area contributed by atoms with Crippen molar-refractivity contribution < 1.29 is 9.53 Å². The van der Waals surface area contributed by atoms with Crippen molar-refractivity contribution in [3.05, 3.63) is 24.3 Å². The molecule has 0 saturated carbocycles. The molecule has 1 amide bonds. The molecule has 0 saturated heterocycles. The van der Waals surface area contributed by atoms with Crippen LogP contribution in [-0.2, 0) is 4.79 Å². The Morgan fingerprint density at radius 2 is 1.56 bits per heavy atom. The lowest BCUT2D eigenvalue weighted by Crippen LogP contribution is -2.36. The van der Waals surface area contributed by atoms with Gasteiger partial charge in [-0.1, -0.05) is 46.5 Å². The van der Waals surface area contributed by atoms with E-state index in [9.17, 15) is 4.79 Å². The number of rotatable bonds is 14. The molecule has 0 bridgehead atoms. The minimum atomic E-state index is 0.163. The standard InChI is InChI=1S/C21H36N2O2/c1-4-7-8-9-10-17-25-20-13-11-19(12-14-20)22-18-21(24)23(15-5-2)16-6-3/h11-14,22H,4-10,15-18H2,1-3H3. The maximum absolute atomic E-state index is 12.3. The van der Waals surface area contributed by atoms with Crippen molar-refractivity contribution in [3.63, 3.8) is 0 Å². The van der Waals surface area contributed by atoms with Gasteiger partial charge in [-0.05, 0) is 43.5 Å². The number of nitrogens with one attached hydrogen (secondary N) is 1. The molecule has 0 fully saturated rings. The topological polar surface area (TPSA) is 41.6 Å². The summed E-state index contributed by atoms with van der Waals surface area (Å²) < 4.78 is 5.77. The van der Waals surface area contributed by atoms with Gasteiger partial charge in [-0.15, -0.1) is 0 Å². The number of ether oxygens (including phenoxy) is 1. The summed E-state index contributed by atoms with van der Waals surface area (Å²) in [7, 11) is 0. The Hall–Kier alpha value is -1.71. The van der Waals surface area contributed by atoms with Gasteiger partial charge in [0, 0.05) is 18.8 Å². The van der Waals surface area contributed by atoms with E-state index in [1.54, 1.807) is 0 Å². The van der Waals surface area contributed by atoms with Gasteiger partial charge in [0.2, 0.25) is 5.91 Å². The third kappa shape index (κ3) is 9.37. The van der Waals surface area contributed by atoms with Crippen LogP contribution in [0.1, 0.15) is 65.7 Å². The molecule has 0 aliphatic heterocycles. The number of hydrogen-bond acceptors (Lipinski definition) is 3. The number of hydrogen-bond donors (Lipinski definition) is 1. The van der Waals surface area contributed by atoms with Crippen LogP contribution in [0.2, 0.25) is 0 Å². The van der Waals surface area contributed by atoms with Crippen molar-refractivity contribution >= 4 is 11.6 Å². The second-order valence-electron chi connectivity index (χ2n) is 6.52. The van der Waals surface area contributed by atoms with E-state index >= 15 is 0 Å². The molecule has 0 spiro atoms. The predicted octanol–water partition coefficient (Wildman–Crippen LogP) is 5.10. The first-order valence-corrected chi connectivity index (χ1v) is 9.95. The maximum atomic E-state index is 12.3. The molecule has 0 aliphatic carbocycles. The van der Waals surface area contributed by atoms with E-state index in [2.05, 4.69) is 26.1 Å². The fraction of sp³-hybridized carbons (Fsp3) is 0.667. The van der Waals surface area contributed by atoms with E-state index in [0.717, 1.165) is 50.4 Å². The lowest BCUT2D eigenvalue weighted by atomic mass is 10.2. The van der Waals surface area contributed by atoms with Crippen LogP contribution in [0.4, 0.5) is 5.69 Å². The molecule has 4 heteroatoms. The fourth-order valence-corrected chi connectivity index (χ4v) is 2.76. The van der Waals surface area contributed by atoms with E-state index in [1.807, 2.05) is 29.2 Å². The number of carbonyl (C=O) groups is 1. The van der Waals surface area contributed by atoms with Crippen molar-refractivity contribution in [2.45, 2.75) is 65.7 Å². The maximum Gasteiger partial charge on any atom is 0.241 e. The molecule has 1 aromatic rings. The molecule has 1 N–H and O–H groups in total. The van der Waals surface area contributed by atoms with Gasteiger partial charge in [0.1, 0.15) is 5.75 Å². The molecule has 0 radical (unpaired) electrons. The SMILES string of the molecule is CCCCCCCOc1ccc(NCC(=O)N(CCC)CCC)cc1. The molecule has 0 aliphatic rings. The Balaban J connectivity index is 2.30. The van der Waals surface area contributed by atoms with Crippen molar-refractivity contribution in [3.8, 4) is 5.75 Å². The molecule has 0 heterocycles. The van der Waals surface area contributed by atoms with Gasteiger partial charge in [-0.3, -0.25) is 4.79 Å². The molecule has 25 heavy (non-hydrogen) atoms. The van der Waals surface area contributed by atoms with Gasteiger partial charge >= 0.3 is 0 Å².